The standard InChI is InChI=1S/C16H23NO3/c1-11(2)4-5-17-16(18)10-13-9-15-14(8-12(13)3)19-6-7-20-15/h8-9,11H,4-7,10H2,1-3H3,(H,17,18). The number of fused-ring (bicyclic) bond motifs is 1. The fourth-order valence-corrected chi connectivity index (χ4v) is 2.16. The number of ether oxygens (including phenoxy) is 2. The molecule has 0 fully saturated rings. The van der Waals surface area contributed by atoms with Gasteiger partial charge in [0, 0.05) is 6.54 Å². The predicted molar refractivity (Wildman–Crippen MR) is 78.3 cm³/mol. The molecule has 0 aliphatic carbocycles. The van der Waals surface area contributed by atoms with E-state index in [9.17, 15) is 4.79 Å². The van der Waals surface area contributed by atoms with E-state index in [0.717, 1.165) is 35.6 Å². The van der Waals surface area contributed by atoms with E-state index in [4.69, 9.17) is 9.47 Å². The largest absolute Gasteiger partial charge is 0.486 e. The van der Waals surface area contributed by atoms with Gasteiger partial charge in [-0.1, -0.05) is 13.8 Å². The Bertz CT molecular complexity index is 483. The maximum absolute atomic E-state index is 11.9. The molecule has 4 nitrogen and oxygen atoms in total. The van der Waals surface area contributed by atoms with Crippen molar-refractivity contribution in [1.29, 1.82) is 0 Å². The molecule has 1 aromatic rings. The smallest absolute Gasteiger partial charge is 0.224 e. The van der Waals surface area contributed by atoms with Gasteiger partial charge in [-0.05, 0) is 42.5 Å². The van der Waals surface area contributed by atoms with E-state index < -0.39 is 0 Å². The molecule has 1 N–H and O–H groups in total. The quantitative estimate of drug-likeness (QED) is 0.899. The van der Waals surface area contributed by atoms with Crippen LogP contribution in [0.3, 0.4) is 0 Å². The maximum atomic E-state index is 11.9. The van der Waals surface area contributed by atoms with Gasteiger partial charge >= 0.3 is 0 Å². The highest BCUT2D eigenvalue weighted by atomic mass is 16.6. The van der Waals surface area contributed by atoms with E-state index in [1.54, 1.807) is 0 Å². The summed E-state index contributed by atoms with van der Waals surface area (Å²) in [5.41, 5.74) is 2.06. The molecular formula is C16H23NO3. The molecule has 4 heteroatoms. The first kappa shape index (κ1) is 14.7. The van der Waals surface area contributed by atoms with Crippen molar-refractivity contribution in [2.45, 2.75) is 33.6 Å². The summed E-state index contributed by atoms with van der Waals surface area (Å²) in [6, 6.07) is 3.87. The van der Waals surface area contributed by atoms with Gasteiger partial charge in [0.1, 0.15) is 13.2 Å². The third-order valence-electron chi connectivity index (χ3n) is 3.40. The lowest BCUT2D eigenvalue weighted by atomic mass is 10.0. The van der Waals surface area contributed by atoms with Crippen molar-refractivity contribution in [3.8, 4) is 11.5 Å². The average Bonchev–Trinajstić information content (AvgIpc) is 2.39. The number of carbonyl (C=O) groups excluding carboxylic acids is 1. The summed E-state index contributed by atoms with van der Waals surface area (Å²) >= 11 is 0. The van der Waals surface area contributed by atoms with Crippen LogP contribution in [0.2, 0.25) is 0 Å². The van der Waals surface area contributed by atoms with E-state index >= 15 is 0 Å². The highest BCUT2D eigenvalue weighted by Crippen LogP contribution is 2.33. The number of carbonyl (C=O) groups is 1. The third kappa shape index (κ3) is 3.89. The van der Waals surface area contributed by atoms with Gasteiger partial charge in [0.25, 0.3) is 0 Å². The lowest BCUT2D eigenvalue weighted by Gasteiger charge is -2.20. The van der Waals surface area contributed by atoms with Crippen LogP contribution < -0.4 is 14.8 Å². The Hall–Kier alpha value is -1.71. The van der Waals surface area contributed by atoms with Crippen molar-refractivity contribution in [3.05, 3.63) is 23.3 Å². The van der Waals surface area contributed by atoms with E-state index in [0.29, 0.717) is 25.6 Å². The molecule has 0 atom stereocenters. The van der Waals surface area contributed by atoms with Crippen LogP contribution in [0, 0.1) is 12.8 Å². The van der Waals surface area contributed by atoms with Crippen LogP contribution in [0.4, 0.5) is 0 Å². The van der Waals surface area contributed by atoms with Gasteiger partial charge in [-0.2, -0.15) is 0 Å². The monoisotopic (exact) mass is 277 g/mol. The number of hydrogen-bond donors (Lipinski definition) is 1. The number of rotatable bonds is 5. The Labute approximate surface area is 120 Å². The summed E-state index contributed by atoms with van der Waals surface area (Å²) in [7, 11) is 0. The lowest BCUT2D eigenvalue weighted by molar-refractivity contribution is -0.120. The fraction of sp³-hybridized carbons (Fsp3) is 0.562. The minimum Gasteiger partial charge on any atom is -0.486 e. The van der Waals surface area contributed by atoms with E-state index in [1.165, 1.54) is 0 Å². The first-order valence-electron chi connectivity index (χ1n) is 7.22. The van der Waals surface area contributed by atoms with Gasteiger partial charge < -0.3 is 14.8 Å². The molecule has 1 heterocycles. The van der Waals surface area contributed by atoms with Crippen molar-refractivity contribution in [3.63, 3.8) is 0 Å². The second kappa shape index (κ2) is 6.64. The lowest BCUT2D eigenvalue weighted by Crippen LogP contribution is -2.27. The Balaban J connectivity index is 1.96. The summed E-state index contributed by atoms with van der Waals surface area (Å²) < 4.78 is 11.1. The number of aryl methyl sites for hydroxylation is 1. The first-order valence-corrected chi connectivity index (χ1v) is 7.22. The van der Waals surface area contributed by atoms with Gasteiger partial charge in [0.15, 0.2) is 11.5 Å². The van der Waals surface area contributed by atoms with Crippen LogP contribution in [0.25, 0.3) is 0 Å². The fourth-order valence-electron chi connectivity index (χ4n) is 2.16. The molecule has 0 saturated heterocycles. The third-order valence-corrected chi connectivity index (χ3v) is 3.40. The second-order valence-electron chi connectivity index (χ2n) is 5.63. The maximum Gasteiger partial charge on any atom is 0.224 e. The van der Waals surface area contributed by atoms with Crippen molar-refractivity contribution < 1.29 is 14.3 Å². The predicted octanol–water partition coefficient (Wildman–Crippen LogP) is 2.47. The molecule has 1 aromatic carbocycles. The zero-order valence-corrected chi connectivity index (χ0v) is 12.5. The molecule has 2 rings (SSSR count). The van der Waals surface area contributed by atoms with Crippen LogP contribution in [0.15, 0.2) is 12.1 Å². The summed E-state index contributed by atoms with van der Waals surface area (Å²) in [6.45, 7) is 8.18. The van der Waals surface area contributed by atoms with Gasteiger partial charge in [-0.3, -0.25) is 4.79 Å². The van der Waals surface area contributed by atoms with Crippen molar-refractivity contribution in [1.82, 2.24) is 5.32 Å². The number of hydrogen-bond acceptors (Lipinski definition) is 3. The van der Waals surface area contributed by atoms with Crippen LogP contribution >= 0.6 is 0 Å². The van der Waals surface area contributed by atoms with Crippen LogP contribution in [0.1, 0.15) is 31.4 Å². The van der Waals surface area contributed by atoms with Gasteiger partial charge in [-0.25, -0.2) is 0 Å². The normalized spacial score (nSPS) is 13.4. The molecule has 0 radical (unpaired) electrons. The molecule has 1 aliphatic rings. The van der Waals surface area contributed by atoms with Crippen molar-refractivity contribution in [2.75, 3.05) is 19.8 Å². The second-order valence-corrected chi connectivity index (χ2v) is 5.63. The molecule has 0 saturated carbocycles. The van der Waals surface area contributed by atoms with Gasteiger partial charge in [0.2, 0.25) is 5.91 Å². The number of nitrogens with one attached hydrogen (secondary N) is 1. The Kier molecular flexibility index (Phi) is 4.88. The number of benzene rings is 1. The molecule has 0 unspecified atom stereocenters. The summed E-state index contributed by atoms with van der Waals surface area (Å²) in [4.78, 5) is 11.9. The molecule has 1 aliphatic heterocycles. The van der Waals surface area contributed by atoms with Crippen LogP contribution in [-0.4, -0.2) is 25.7 Å². The minimum absolute atomic E-state index is 0.0606. The van der Waals surface area contributed by atoms with E-state index in [2.05, 4.69) is 19.2 Å². The molecule has 1 amide bonds. The summed E-state index contributed by atoms with van der Waals surface area (Å²) in [6.07, 6.45) is 1.40. The summed E-state index contributed by atoms with van der Waals surface area (Å²) in [5, 5.41) is 2.96. The van der Waals surface area contributed by atoms with E-state index in [1.807, 2.05) is 19.1 Å². The van der Waals surface area contributed by atoms with Crippen molar-refractivity contribution in [2.24, 2.45) is 5.92 Å². The molecular weight excluding hydrogens is 254 g/mol. The molecule has 20 heavy (non-hydrogen) atoms. The zero-order chi connectivity index (χ0) is 14.5. The Morgan fingerprint density at radius 1 is 1.25 bits per heavy atom. The molecule has 0 spiro atoms. The average molecular weight is 277 g/mol. The van der Waals surface area contributed by atoms with Crippen LogP contribution in [-0.2, 0) is 11.2 Å². The van der Waals surface area contributed by atoms with Crippen molar-refractivity contribution >= 4 is 5.91 Å². The SMILES string of the molecule is Cc1cc2c(cc1CC(=O)NCCC(C)C)OCCO2. The number of amides is 1. The minimum atomic E-state index is 0.0606. The molecule has 0 bridgehead atoms. The topological polar surface area (TPSA) is 47.6 Å². The van der Waals surface area contributed by atoms with Crippen LogP contribution in [0.5, 0.6) is 11.5 Å². The highest BCUT2D eigenvalue weighted by molar-refractivity contribution is 5.79. The first-order chi connectivity index (χ1) is 9.56. The molecule has 110 valence electrons. The zero-order valence-electron chi connectivity index (χ0n) is 12.5. The Morgan fingerprint density at radius 3 is 2.55 bits per heavy atom. The summed E-state index contributed by atoms with van der Waals surface area (Å²) in [5.74, 6) is 2.18. The van der Waals surface area contributed by atoms with Gasteiger partial charge in [0.05, 0.1) is 6.42 Å². The Morgan fingerprint density at radius 2 is 1.90 bits per heavy atom. The molecule has 0 aromatic heterocycles. The van der Waals surface area contributed by atoms with E-state index in [-0.39, 0.29) is 5.91 Å². The van der Waals surface area contributed by atoms with Gasteiger partial charge in [-0.15, -0.1) is 0 Å². The highest BCUT2D eigenvalue weighted by Gasteiger charge is 2.15.